The predicted molar refractivity (Wildman–Crippen MR) is 90.1 cm³/mol. The van der Waals surface area contributed by atoms with E-state index in [2.05, 4.69) is 26.1 Å². The minimum absolute atomic E-state index is 0.0338. The quantitative estimate of drug-likeness (QED) is 0.826. The molecule has 0 spiro atoms. The van der Waals surface area contributed by atoms with E-state index in [1.54, 1.807) is 4.90 Å². The number of carboxylic acid groups (broad SMARTS) is 1. The molecule has 2 aliphatic heterocycles. The number of hydrogen-bond acceptors (Lipinski definition) is 2. The Labute approximate surface area is 135 Å². The van der Waals surface area contributed by atoms with Gasteiger partial charge in [0.05, 0.1) is 0 Å². The van der Waals surface area contributed by atoms with Crippen LogP contribution in [0.1, 0.15) is 65.7 Å². The number of nitrogens with zero attached hydrogens (tertiary/aromatic N) is 1. The van der Waals surface area contributed by atoms with Gasteiger partial charge in [-0.3, -0.25) is 0 Å². The fourth-order valence-corrected chi connectivity index (χ4v) is 4.22. The van der Waals surface area contributed by atoms with Gasteiger partial charge in [-0.05, 0) is 56.0 Å². The Morgan fingerprint density at radius 2 is 1.77 bits per heavy atom. The van der Waals surface area contributed by atoms with Crippen LogP contribution >= 0.6 is 0 Å². The van der Waals surface area contributed by atoms with E-state index < -0.39 is 6.09 Å². The molecule has 2 unspecified atom stereocenters. The highest BCUT2D eigenvalue weighted by Crippen LogP contribution is 2.36. The summed E-state index contributed by atoms with van der Waals surface area (Å²) in [5.74, 6) is 1.63. The molecule has 4 heteroatoms. The molecule has 0 aromatic rings. The van der Waals surface area contributed by atoms with E-state index in [0.29, 0.717) is 5.92 Å². The maximum absolute atomic E-state index is 11.5. The van der Waals surface area contributed by atoms with Crippen LogP contribution in [0.25, 0.3) is 0 Å². The minimum Gasteiger partial charge on any atom is -0.465 e. The summed E-state index contributed by atoms with van der Waals surface area (Å²) in [6, 6.07) is 0.169. The number of rotatable bonds is 4. The number of amides is 1. The molecule has 0 radical (unpaired) electrons. The van der Waals surface area contributed by atoms with Gasteiger partial charge in [0.25, 0.3) is 0 Å². The van der Waals surface area contributed by atoms with Crippen molar-refractivity contribution in [2.75, 3.05) is 19.6 Å². The molecule has 128 valence electrons. The Kier molecular flexibility index (Phi) is 6.13. The van der Waals surface area contributed by atoms with Gasteiger partial charge >= 0.3 is 6.09 Å². The molecule has 2 N–H and O–H groups in total. The summed E-state index contributed by atoms with van der Waals surface area (Å²) in [5, 5.41) is 12.9. The van der Waals surface area contributed by atoms with Crippen LogP contribution in [0, 0.1) is 17.3 Å². The topological polar surface area (TPSA) is 52.6 Å². The van der Waals surface area contributed by atoms with Gasteiger partial charge in [-0.15, -0.1) is 0 Å². The Hall–Kier alpha value is -0.770. The van der Waals surface area contributed by atoms with E-state index in [1.165, 1.54) is 45.2 Å². The lowest BCUT2D eigenvalue weighted by Crippen LogP contribution is -2.51. The third kappa shape index (κ3) is 4.87. The number of piperidine rings is 2. The molecular weight excluding hydrogens is 276 g/mol. The highest BCUT2D eigenvalue weighted by atomic mass is 16.4. The average Bonchev–Trinajstić information content (AvgIpc) is 2.47. The smallest absolute Gasteiger partial charge is 0.407 e. The first-order valence-electron chi connectivity index (χ1n) is 9.08. The SMILES string of the molecule is CC(C)(C)C1CC(CCCC2CCNCC2)CCN1C(=O)O. The molecule has 1 amide bonds. The molecule has 0 aliphatic carbocycles. The van der Waals surface area contributed by atoms with Crippen LogP contribution in [0.2, 0.25) is 0 Å². The van der Waals surface area contributed by atoms with Crippen molar-refractivity contribution < 1.29 is 9.90 Å². The van der Waals surface area contributed by atoms with Crippen LogP contribution in [-0.4, -0.2) is 41.8 Å². The fourth-order valence-electron chi connectivity index (χ4n) is 4.22. The van der Waals surface area contributed by atoms with Gasteiger partial charge in [-0.25, -0.2) is 4.79 Å². The Morgan fingerprint density at radius 3 is 2.36 bits per heavy atom. The summed E-state index contributed by atoms with van der Waals surface area (Å²) in [6.45, 7) is 9.61. The highest BCUT2D eigenvalue weighted by molar-refractivity contribution is 5.65. The zero-order valence-corrected chi connectivity index (χ0v) is 14.6. The van der Waals surface area contributed by atoms with Crippen LogP contribution in [0.15, 0.2) is 0 Å². The maximum atomic E-state index is 11.5. The van der Waals surface area contributed by atoms with E-state index in [9.17, 15) is 9.90 Å². The van der Waals surface area contributed by atoms with E-state index in [0.717, 1.165) is 25.3 Å². The van der Waals surface area contributed by atoms with Crippen molar-refractivity contribution in [3.8, 4) is 0 Å². The first-order valence-corrected chi connectivity index (χ1v) is 9.08. The molecular formula is C18H34N2O2. The number of likely N-dealkylation sites (tertiary alicyclic amines) is 1. The average molecular weight is 310 g/mol. The van der Waals surface area contributed by atoms with Crippen molar-refractivity contribution in [2.24, 2.45) is 17.3 Å². The van der Waals surface area contributed by atoms with E-state index in [1.807, 2.05) is 0 Å². The summed E-state index contributed by atoms with van der Waals surface area (Å²) < 4.78 is 0. The molecule has 0 aromatic carbocycles. The lowest BCUT2D eigenvalue weighted by molar-refractivity contribution is 0.0383. The second-order valence-corrected chi connectivity index (χ2v) is 8.37. The summed E-state index contributed by atoms with van der Waals surface area (Å²) in [6.07, 6.45) is 7.98. The van der Waals surface area contributed by atoms with Gasteiger partial charge in [-0.2, -0.15) is 0 Å². The zero-order valence-electron chi connectivity index (χ0n) is 14.6. The molecule has 2 rings (SSSR count). The van der Waals surface area contributed by atoms with Crippen molar-refractivity contribution in [1.29, 1.82) is 0 Å². The molecule has 2 atom stereocenters. The molecule has 0 saturated carbocycles. The largest absolute Gasteiger partial charge is 0.465 e. The Bertz CT molecular complexity index is 359. The highest BCUT2D eigenvalue weighted by Gasteiger charge is 2.38. The molecule has 4 nitrogen and oxygen atoms in total. The monoisotopic (exact) mass is 310 g/mol. The molecule has 0 bridgehead atoms. The third-order valence-corrected chi connectivity index (χ3v) is 5.64. The van der Waals surface area contributed by atoms with E-state index in [4.69, 9.17) is 0 Å². The van der Waals surface area contributed by atoms with Crippen molar-refractivity contribution in [3.63, 3.8) is 0 Å². The molecule has 22 heavy (non-hydrogen) atoms. The van der Waals surface area contributed by atoms with Gasteiger partial charge in [0.2, 0.25) is 0 Å². The fraction of sp³-hybridized carbons (Fsp3) is 0.944. The number of nitrogens with one attached hydrogen (secondary N) is 1. The second-order valence-electron chi connectivity index (χ2n) is 8.37. The van der Waals surface area contributed by atoms with E-state index >= 15 is 0 Å². The molecule has 0 aromatic heterocycles. The molecule has 2 saturated heterocycles. The predicted octanol–water partition coefficient (Wildman–Crippen LogP) is 3.96. The molecule has 2 aliphatic rings. The van der Waals surface area contributed by atoms with Crippen LogP contribution in [0.4, 0.5) is 4.79 Å². The zero-order chi connectivity index (χ0) is 16.2. The minimum atomic E-state index is -0.743. The Morgan fingerprint density at radius 1 is 1.14 bits per heavy atom. The number of hydrogen-bond donors (Lipinski definition) is 2. The van der Waals surface area contributed by atoms with Crippen LogP contribution in [-0.2, 0) is 0 Å². The summed E-state index contributed by atoms with van der Waals surface area (Å²) in [7, 11) is 0. The van der Waals surface area contributed by atoms with Crippen LogP contribution < -0.4 is 5.32 Å². The Balaban J connectivity index is 1.79. The van der Waals surface area contributed by atoms with Gasteiger partial charge in [0.15, 0.2) is 0 Å². The summed E-state index contributed by atoms with van der Waals surface area (Å²) in [4.78, 5) is 13.1. The summed E-state index contributed by atoms with van der Waals surface area (Å²) in [5.41, 5.74) is 0.0338. The van der Waals surface area contributed by atoms with Crippen molar-refractivity contribution in [1.82, 2.24) is 10.2 Å². The first-order chi connectivity index (χ1) is 10.4. The van der Waals surface area contributed by atoms with Crippen LogP contribution in [0.3, 0.4) is 0 Å². The molecule has 2 heterocycles. The van der Waals surface area contributed by atoms with E-state index in [-0.39, 0.29) is 11.5 Å². The van der Waals surface area contributed by atoms with Gasteiger partial charge in [0, 0.05) is 12.6 Å². The third-order valence-electron chi connectivity index (χ3n) is 5.64. The second kappa shape index (κ2) is 7.67. The normalized spacial score (nSPS) is 27.9. The number of carbonyl (C=O) groups is 1. The van der Waals surface area contributed by atoms with Crippen molar-refractivity contribution in [3.05, 3.63) is 0 Å². The standard InChI is InChI=1S/C18H34N2O2/c1-18(2,3)16-13-15(9-12-20(16)17(21)22)6-4-5-14-7-10-19-11-8-14/h14-16,19H,4-13H2,1-3H3,(H,21,22). The van der Waals surface area contributed by atoms with Crippen LogP contribution in [0.5, 0.6) is 0 Å². The van der Waals surface area contributed by atoms with Gasteiger partial charge in [-0.1, -0.05) is 40.0 Å². The van der Waals surface area contributed by atoms with Crippen molar-refractivity contribution >= 4 is 6.09 Å². The lowest BCUT2D eigenvalue weighted by Gasteiger charge is -2.44. The first kappa shape index (κ1) is 17.6. The van der Waals surface area contributed by atoms with Crippen molar-refractivity contribution in [2.45, 2.75) is 71.8 Å². The summed E-state index contributed by atoms with van der Waals surface area (Å²) >= 11 is 0. The van der Waals surface area contributed by atoms with Gasteiger partial charge in [0.1, 0.15) is 0 Å². The molecule has 2 fully saturated rings. The lowest BCUT2D eigenvalue weighted by atomic mass is 9.75. The van der Waals surface area contributed by atoms with Gasteiger partial charge < -0.3 is 15.3 Å². The maximum Gasteiger partial charge on any atom is 0.407 e.